The molecule has 2 atom stereocenters. The molecule has 0 aliphatic carbocycles. The second-order valence-corrected chi connectivity index (χ2v) is 5.93. The first-order chi connectivity index (χ1) is 9.97. The third-order valence-electron chi connectivity index (χ3n) is 3.92. The highest BCUT2D eigenvalue weighted by molar-refractivity contribution is 5.95. The van der Waals surface area contributed by atoms with E-state index in [1.807, 2.05) is 13.0 Å². The average molecular weight is 292 g/mol. The van der Waals surface area contributed by atoms with E-state index in [-0.39, 0.29) is 23.1 Å². The molecule has 1 aliphatic heterocycles. The van der Waals surface area contributed by atoms with E-state index in [0.29, 0.717) is 11.7 Å². The number of aromatic amines is 1. The Morgan fingerprint density at radius 1 is 1.52 bits per heavy atom. The summed E-state index contributed by atoms with van der Waals surface area (Å²) in [5, 5.41) is 2.91. The van der Waals surface area contributed by atoms with Gasteiger partial charge in [0, 0.05) is 18.3 Å². The number of hydrogen-bond donors (Lipinski definition) is 2. The van der Waals surface area contributed by atoms with Gasteiger partial charge in [-0.1, -0.05) is 0 Å². The maximum Gasteiger partial charge on any atom is 0.261 e. The third-order valence-corrected chi connectivity index (χ3v) is 3.92. The van der Waals surface area contributed by atoms with Crippen LogP contribution in [0.4, 0.5) is 0 Å². The maximum atomic E-state index is 12.2. The summed E-state index contributed by atoms with van der Waals surface area (Å²) in [5.74, 6) is -0.298. The molecule has 1 fully saturated rings. The number of nitrogens with one attached hydrogen (secondary N) is 2. The van der Waals surface area contributed by atoms with Crippen molar-refractivity contribution >= 4 is 5.91 Å². The number of aryl methyl sites for hydroxylation is 2. The summed E-state index contributed by atoms with van der Waals surface area (Å²) < 4.78 is 5.58. The van der Waals surface area contributed by atoms with Gasteiger partial charge in [-0.2, -0.15) is 0 Å². The van der Waals surface area contributed by atoms with Crippen molar-refractivity contribution in [2.45, 2.75) is 58.6 Å². The fraction of sp³-hybridized carbons (Fsp3) is 0.625. The highest BCUT2D eigenvalue weighted by Crippen LogP contribution is 2.17. The van der Waals surface area contributed by atoms with E-state index < -0.39 is 0 Å². The predicted molar refractivity (Wildman–Crippen MR) is 81.7 cm³/mol. The summed E-state index contributed by atoms with van der Waals surface area (Å²) in [6.45, 7) is 6.41. The molecule has 0 aromatic carbocycles. The van der Waals surface area contributed by atoms with Gasteiger partial charge in [0.25, 0.3) is 11.5 Å². The van der Waals surface area contributed by atoms with Crippen LogP contribution >= 0.6 is 0 Å². The summed E-state index contributed by atoms with van der Waals surface area (Å²) in [6, 6.07) is 1.84. The molecule has 5 heteroatoms. The summed E-state index contributed by atoms with van der Waals surface area (Å²) in [6.07, 6.45) is 4.37. The van der Waals surface area contributed by atoms with E-state index in [4.69, 9.17) is 4.74 Å². The molecule has 116 valence electrons. The molecule has 1 amide bonds. The Labute approximate surface area is 125 Å². The molecule has 0 bridgehead atoms. The van der Waals surface area contributed by atoms with Crippen LogP contribution in [0.3, 0.4) is 0 Å². The molecule has 0 spiro atoms. The summed E-state index contributed by atoms with van der Waals surface area (Å²) in [4.78, 5) is 26.8. The van der Waals surface area contributed by atoms with Crippen molar-refractivity contribution < 1.29 is 9.53 Å². The molecule has 0 radical (unpaired) electrons. The Kier molecular flexibility index (Phi) is 5.17. The monoisotopic (exact) mass is 292 g/mol. The molecular formula is C16H24N2O3. The van der Waals surface area contributed by atoms with Crippen LogP contribution in [-0.4, -0.2) is 29.6 Å². The second-order valence-electron chi connectivity index (χ2n) is 5.93. The first-order valence-corrected chi connectivity index (χ1v) is 7.60. The third kappa shape index (κ3) is 4.17. The summed E-state index contributed by atoms with van der Waals surface area (Å²) in [5.41, 5.74) is 1.36. The second kappa shape index (κ2) is 6.89. The Morgan fingerprint density at radius 2 is 2.29 bits per heavy atom. The number of hydrogen-bond acceptors (Lipinski definition) is 3. The molecule has 1 saturated heterocycles. The zero-order valence-electron chi connectivity index (χ0n) is 13.0. The molecule has 1 aromatic heterocycles. The summed E-state index contributed by atoms with van der Waals surface area (Å²) >= 11 is 0. The largest absolute Gasteiger partial charge is 0.378 e. The SMILES string of the molecule is Cc1cc(C)c(C(=O)N[C@@H](C)CC[C@H]2CCCO2)c(=O)[nH]1. The number of ether oxygens (including phenoxy) is 1. The van der Waals surface area contributed by atoms with Gasteiger partial charge in [0.1, 0.15) is 5.56 Å². The highest BCUT2D eigenvalue weighted by Gasteiger charge is 2.19. The van der Waals surface area contributed by atoms with E-state index in [9.17, 15) is 9.59 Å². The van der Waals surface area contributed by atoms with Gasteiger partial charge >= 0.3 is 0 Å². The van der Waals surface area contributed by atoms with Crippen LogP contribution in [0.2, 0.25) is 0 Å². The number of pyridine rings is 1. The van der Waals surface area contributed by atoms with Crippen LogP contribution in [0.1, 0.15) is 54.2 Å². The number of H-pyrrole nitrogens is 1. The van der Waals surface area contributed by atoms with Gasteiger partial charge < -0.3 is 15.0 Å². The number of aromatic nitrogens is 1. The van der Waals surface area contributed by atoms with Gasteiger partial charge in [-0.15, -0.1) is 0 Å². The topological polar surface area (TPSA) is 71.2 Å². The van der Waals surface area contributed by atoms with Crippen molar-refractivity contribution in [3.63, 3.8) is 0 Å². The molecule has 0 unspecified atom stereocenters. The lowest BCUT2D eigenvalue weighted by Gasteiger charge is -2.16. The minimum absolute atomic E-state index is 0.0294. The quantitative estimate of drug-likeness (QED) is 0.872. The fourth-order valence-corrected chi connectivity index (χ4v) is 2.81. The molecule has 2 N–H and O–H groups in total. The van der Waals surface area contributed by atoms with Gasteiger partial charge in [-0.3, -0.25) is 9.59 Å². The number of carbonyl (C=O) groups is 1. The van der Waals surface area contributed by atoms with E-state index in [0.717, 1.165) is 38.0 Å². The first kappa shape index (κ1) is 15.8. The molecular weight excluding hydrogens is 268 g/mol. The van der Waals surface area contributed by atoms with Gasteiger partial charge in [-0.05, 0) is 58.1 Å². The van der Waals surface area contributed by atoms with Crippen molar-refractivity contribution in [2.24, 2.45) is 0 Å². The van der Waals surface area contributed by atoms with Crippen LogP contribution in [0.25, 0.3) is 0 Å². The van der Waals surface area contributed by atoms with E-state index in [1.165, 1.54) is 0 Å². The van der Waals surface area contributed by atoms with Crippen molar-refractivity contribution in [1.82, 2.24) is 10.3 Å². The average Bonchev–Trinajstić information content (AvgIpc) is 2.88. The Morgan fingerprint density at radius 3 is 2.90 bits per heavy atom. The predicted octanol–water partition coefficient (Wildman–Crippen LogP) is 2.07. The van der Waals surface area contributed by atoms with Crippen molar-refractivity contribution in [1.29, 1.82) is 0 Å². The van der Waals surface area contributed by atoms with Crippen LogP contribution in [-0.2, 0) is 4.74 Å². The van der Waals surface area contributed by atoms with E-state index >= 15 is 0 Å². The number of amides is 1. The van der Waals surface area contributed by atoms with Gasteiger partial charge in [0.15, 0.2) is 0 Å². The minimum atomic E-state index is -0.323. The normalized spacial score (nSPS) is 19.5. The van der Waals surface area contributed by atoms with Crippen LogP contribution in [0.15, 0.2) is 10.9 Å². The molecule has 2 heterocycles. The van der Waals surface area contributed by atoms with Crippen molar-refractivity contribution in [2.75, 3.05) is 6.61 Å². The number of rotatable bonds is 5. The zero-order valence-corrected chi connectivity index (χ0v) is 13.0. The Hall–Kier alpha value is -1.62. The smallest absolute Gasteiger partial charge is 0.261 e. The minimum Gasteiger partial charge on any atom is -0.378 e. The van der Waals surface area contributed by atoms with Gasteiger partial charge in [-0.25, -0.2) is 0 Å². The number of carbonyl (C=O) groups excluding carboxylic acids is 1. The highest BCUT2D eigenvalue weighted by atomic mass is 16.5. The fourth-order valence-electron chi connectivity index (χ4n) is 2.81. The first-order valence-electron chi connectivity index (χ1n) is 7.60. The molecule has 2 rings (SSSR count). The lowest BCUT2D eigenvalue weighted by molar-refractivity contribution is 0.0897. The molecule has 1 aromatic rings. The van der Waals surface area contributed by atoms with Crippen LogP contribution in [0.5, 0.6) is 0 Å². The Bertz CT molecular complexity index is 559. The van der Waals surface area contributed by atoms with Crippen molar-refractivity contribution in [3.8, 4) is 0 Å². The zero-order chi connectivity index (χ0) is 15.4. The van der Waals surface area contributed by atoms with Gasteiger partial charge in [0.05, 0.1) is 6.10 Å². The molecule has 5 nitrogen and oxygen atoms in total. The van der Waals surface area contributed by atoms with Crippen molar-refractivity contribution in [3.05, 3.63) is 33.2 Å². The summed E-state index contributed by atoms with van der Waals surface area (Å²) in [7, 11) is 0. The van der Waals surface area contributed by atoms with Gasteiger partial charge in [0.2, 0.25) is 0 Å². The molecule has 1 aliphatic rings. The van der Waals surface area contributed by atoms with E-state index in [1.54, 1.807) is 13.8 Å². The molecule has 21 heavy (non-hydrogen) atoms. The van der Waals surface area contributed by atoms with Crippen LogP contribution in [0, 0.1) is 13.8 Å². The Balaban J connectivity index is 1.93. The van der Waals surface area contributed by atoms with Crippen LogP contribution < -0.4 is 10.9 Å². The molecule has 0 saturated carbocycles. The van der Waals surface area contributed by atoms with E-state index in [2.05, 4.69) is 10.3 Å². The maximum absolute atomic E-state index is 12.2. The standard InChI is InChI=1S/C16H24N2O3/c1-10-9-12(3)18-16(20)14(10)15(19)17-11(2)6-7-13-5-4-8-21-13/h9,11,13H,4-8H2,1-3H3,(H,17,19)(H,18,20)/t11-,13+/m0/s1. The lowest BCUT2D eigenvalue weighted by Crippen LogP contribution is -2.37. The lowest BCUT2D eigenvalue weighted by atomic mass is 10.1.